The number of amides is 1. The largest absolute Gasteiger partial charge is 0.353 e. The first-order valence-corrected chi connectivity index (χ1v) is 9.19. The molecule has 0 saturated carbocycles. The molecule has 4 rings (SSSR count). The number of nitrogens with zero attached hydrogens (tertiary/aromatic N) is 2. The standard InChI is InChI=1S/C22H22FN3O/c1-14-3-8-20-17(11-14)12-18(13-26-10-9-24-22(27)15(26)2)21(25-20)16-4-6-19(23)7-5-16/h3-8,11-12,15H,9-10,13H2,1-2H3,(H,24,27)/t15-/m1/s1. The van der Waals surface area contributed by atoms with Gasteiger partial charge in [-0.1, -0.05) is 11.6 Å². The average molecular weight is 363 g/mol. The van der Waals surface area contributed by atoms with E-state index in [0.717, 1.165) is 34.3 Å². The molecule has 1 atom stereocenters. The number of halogens is 1. The van der Waals surface area contributed by atoms with Crippen molar-refractivity contribution in [1.82, 2.24) is 15.2 Å². The molecule has 0 unspecified atom stereocenters. The van der Waals surface area contributed by atoms with Crippen molar-refractivity contribution in [2.24, 2.45) is 0 Å². The van der Waals surface area contributed by atoms with E-state index in [1.807, 2.05) is 19.1 Å². The van der Waals surface area contributed by atoms with Crippen LogP contribution >= 0.6 is 0 Å². The molecule has 138 valence electrons. The summed E-state index contributed by atoms with van der Waals surface area (Å²) in [5.74, 6) is -0.216. The second-order valence-electron chi connectivity index (χ2n) is 7.14. The third-order valence-electron chi connectivity index (χ3n) is 5.17. The lowest BCUT2D eigenvalue weighted by molar-refractivity contribution is -0.128. The average Bonchev–Trinajstić information content (AvgIpc) is 2.65. The molecule has 1 aliphatic heterocycles. The van der Waals surface area contributed by atoms with Crippen LogP contribution in [0.4, 0.5) is 4.39 Å². The van der Waals surface area contributed by atoms with Crippen molar-refractivity contribution in [1.29, 1.82) is 0 Å². The molecule has 1 saturated heterocycles. The Morgan fingerprint density at radius 2 is 1.96 bits per heavy atom. The number of hydrogen-bond acceptors (Lipinski definition) is 3. The summed E-state index contributed by atoms with van der Waals surface area (Å²) in [4.78, 5) is 19.1. The van der Waals surface area contributed by atoms with Gasteiger partial charge in [0.05, 0.1) is 17.3 Å². The molecular weight excluding hydrogens is 341 g/mol. The fourth-order valence-corrected chi connectivity index (χ4v) is 3.58. The monoisotopic (exact) mass is 363 g/mol. The molecule has 1 fully saturated rings. The summed E-state index contributed by atoms with van der Waals surface area (Å²) in [5.41, 5.74) is 4.84. The lowest BCUT2D eigenvalue weighted by Crippen LogP contribution is -2.53. The molecule has 2 heterocycles. The number of aromatic nitrogens is 1. The SMILES string of the molecule is Cc1ccc2nc(-c3ccc(F)cc3)c(CN3CCNC(=O)[C@H]3C)cc2c1. The number of hydrogen-bond donors (Lipinski definition) is 1. The molecule has 2 aromatic carbocycles. The zero-order chi connectivity index (χ0) is 19.0. The third kappa shape index (κ3) is 3.55. The maximum Gasteiger partial charge on any atom is 0.237 e. The zero-order valence-electron chi connectivity index (χ0n) is 15.5. The van der Waals surface area contributed by atoms with Gasteiger partial charge in [-0.05, 0) is 61.9 Å². The fraction of sp³-hybridized carbons (Fsp3) is 0.273. The Balaban J connectivity index is 1.81. The molecule has 27 heavy (non-hydrogen) atoms. The number of carbonyl (C=O) groups is 1. The van der Waals surface area contributed by atoms with E-state index in [0.29, 0.717) is 13.1 Å². The highest BCUT2D eigenvalue weighted by Gasteiger charge is 2.26. The number of fused-ring (bicyclic) bond motifs is 1. The highest BCUT2D eigenvalue weighted by molar-refractivity contribution is 5.84. The van der Waals surface area contributed by atoms with E-state index < -0.39 is 0 Å². The van der Waals surface area contributed by atoms with E-state index in [1.54, 1.807) is 12.1 Å². The molecular formula is C22H22FN3O. The first-order chi connectivity index (χ1) is 13.0. The Labute approximate surface area is 158 Å². The minimum atomic E-state index is -0.266. The van der Waals surface area contributed by atoms with Gasteiger partial charge in [-0.25, -0.2) is 9.37 Å². The van der Waals surface area contributed by atoms with E-state index in [-0.39, 0.29) is 17.8 Å². The maximum atomic E-state index is 13.4. The molecule has 1 aliphatic rings. The Hall–Kier alpha value is -2.79. The fourth-order valence-electron chi connectivity index (χ4n) is 3.58. The highest BCUT2D eigenvalue weighted by atomic mass is 19.1. The first kappa shape index (κ1) is 17.6. The Kier molecular flexibility index (Phi) is 4.62. The predicted molar refractivity (Wildman–Crippen MR) is 105 cm³/mol. The van der Waals surface area contributed by atoms with Crippen LogP contribution in [0.5, 0.6) is 0 Å². The van der Waals surface area contributed by atoms with Crippen LogP contribution < -0.4 is 5.32 Å². The molecule has 0 radical (unpaired) electrons. The quantitative estimate of drug-likeness (QED) is 0.772. The van der Waals surface area contributed by atoms with Gasteiger partial charge in [-0.3, -0.25) is 9.69 Å². The minimum Gasteiger partial charge on any atom is -0.353 e. The van der Waals surface area contributed by atoms with Gasteiger partial charge in [0.1, 0.15) is 5.82 Å². The zero-order valence-corrected chi connectivity index (χ0v) is 15.5. The van der Waals surface area contributed by atoms with E-state index >= 15 is 0 Å². The Morgan fingerprint density at radius 3 is 2.74 bits per heavy atom. The lowest BCUT2D eigenvalue weighted by Gasteiger charge is -2.33. The van der Waals surface area contributed by atoms with Crippen LogP contribution in [0.3, 0.4) is 0 Å². The van der Waals surface area contributed by atoms with Gasteiger partial charge in [-0.2, -0.15) is 0 Å². The van der Waals surface area contributed by atoms with Gasteiger partial charge < -0.3 is 5.32 Å². The van der Waals surface area contributed by atoms with Crippen LogP contribution in [0.2, 0.25) is 0 Å². The molecule has 0 spiro atoms. The molecule has 1 N–H and O–H groups in total. The molecule has 5 heteroatoms. The van der Waals surface area contributed by atoms with Gasteiger partial charge in [0, 0.05) is 30.6 Å². The van der Waals surface area contributed by atoms with Crippen molar-refractivity contribution in [3.8, 4) is 11.3 Å². The van der Waals surface area contributed by atoms with Crippen molar-refractivity contribution in [3.63, 3.8) is 0 Å². The number of pyridine rings is 1. The Bertz CT molecular complexity index is 1000. The van der Waals surface area contributed by atoms with E-state index in [2.05, 4.69) is 29.3 Å². The van der Waals surface area contributed by atoms with E-state index in [1.165, 1.54) is 17.7 Å². The van der Waals surface area contributed by atoms with Crippen molar-refractivity contribution in [2.75, 3.05) is 13.1 Å². The van der Waals surface area contributed by atoms with Crippen molar-refractivity contribution in [2.45, 2.75) is 26.4 Å². The van der Waals surface area contributed by atoms with Crippen molar-refractivity contribution < 1.29 is 9.18 Å². The number of carbonyl (C=O) groups excluding carboxylic acids is 1. The lowest BCUT2D eigenvalue weighted by atomic mass is 10.0. The summed E-state index contributed by atoms with van der Waals surface area (Å²) >= 11 is 0. The molecule has 1 amide bonds. The van der Waals surface area contributed by atoms with Gasteiger partial charge >= 0.3 is 0 Å². The second kappa shape index (κ2) is 7.08. The Morgan fingerprint density at radius 1 is 1.19 bits per heavy atom. The van der Waals surface area contributed by atoms with Gasteiger partial charge in [0.15, 0.2) is 0 Å². The molecule has 3 aromatic rings. The maximum absolute atomic E-state index is 13.4. The van der Waals surface area contributed by atoms with Gasteiger partial charge in [0.2, 0.25) is 5.91 Å². The summed E-state index contributed by atoms with van der Waals surface area (Å²) in [6, 6.07) is 14.6. The second-order valence-corrected chi connectivity index (χ2v) is 7.14. The smallest absolute Gasteiger partial charge is 0.237 e. The van der Waals surface area contributed by atoms with E-state index in [4.69, 9.17) is 4.98 Å². The number of nitrogens with one attached hydrogen (secondary N) is 1. The van der Waals surface area contributed by atoms with Crippen LogP contribution in [-0.4, -0.2) is 34.9 Å². The first-order valence-electron chi connectivity index (χ1n) is 9.19. The van der Waals surface area contributed by atoms with Gasteiger partial charge in [0.25, 0.3) is 0 Å². The summed E-state index contributed by atoms with van der Waals surface area (Å²) < 4.78 is 13.4. The van der Waals surface area contributed by atoms with Crippen molar-refractivity contribution in [3.05, 3.63) is 65.5 Å². The van der Waals surface area contributed by atoms with Crippen LogP contribution in [0.25, 0.3) is 22.2 Å². The predicted octanol–water partition coefficient (Wildman–Crippen LogP) is 3.67. The van der Waals surface area contributed by atoms with Crippen LogP contribution in [0.1, 0.15) is 18.1 Å². The summed E-state index contributed by atoms with van der Waals surface area (Å²) in [7, 11) is 0. The molecule has 0 aliphatic carbocycles. The van der Waals surface area contributed by atoms with E-state index in [9.17, 15) is 9.18 Å². The van der Waals surface area contributed by atoms with Crippen LogP contribution in [0, 0.1) is 12.7 Å². The molecule has 0 bridgehead atoms. The molecule has 1 aromatic heterocycles. The van der Waals surface area contributed by atoms with Crippen LogP contribution in [-0.2, 0) is 11.3 Å². The van der Waals surface area contributed by atoms with Crippen molar-refractivity contribution >= 4 is 16.8 Å². The third-order valence-corrected chi connectivity index (χ3v) is 5.17. The summed E-state index contributed by atoms with van der Waals surface area (Å²) in [5, 5.41) is 3.97. The highest BCUT2D eigenvalue weighted by Crippen LogP contribution is 2.28. The van der Waals surface area contributed by atoms with Crippen LogP contribution in [0.15, 0.2) is 48.5 Å². The summed E-state index contributed by atoms with van der Waals surface area (Å²) in [6.07, 6.45) is 0. The topological polar surface area (TPSA) is 45.2 Å². The summed E-state index contributed by atoms with van der Waals surface area (Å²) in [6.45, 7) is 6.05. The number of benzene rings is 2. The van der Waals surface area contributed by atoms with Gasteiger partial charge in [-0.15, -0.1) is 0 Å². The number of rotatable bonds is 3. The normalized spacial score (nSPS) is 17.9. The number of piperazine rings is 1. The number of aryl methyl sites for hydroxylation is 1. The minimum absolute atomic E-state index is 0.0502. The molecule has 4 nitrogen and oxygen atoms in total.